The van der Waals surface area contributed by atoms with Crippen molar-refractivity contribution in [1.29, 1.82) is 0 Å². The number of likely N-dealkylation sites (tertiary alicyclic amines) is 1. The van der Waals surface area contributed by atoms with Crippen molar-refractivity contribution in [3.63, 3.8) is 0 Å². The van der Waals surface area contributed by atoms with Crippen LogP contribution in [-0.2, 0) is 30.2 Å². The first-order valence-electron chi connectivity index (χ1n) is 30.6. The Bertz CT molecular complexity index is 1810. The molecule has 10 atom stereocenters. The molecule has 3 saturated carbocycles. The van der Waals surface area contributed by atoms with Crippen LogP contribution in [-0.4, -0.2) is 81.3 Å². The van der Waals surface area contributed by atoms with Gasteiger partial charge in [-0.05, 0) is 161 Å². The third-order valence-corrected chi connectivity index (χ3v) is 18.8. The second-order valence-electron chi connectivity index (χ2n) is 24.6. The van der Waals surface area contributed by atoms with Gasteiger partial charge < -0.3 is 29.2 Å². The van der Waals surface area contributed by atoms with Crippen LogP contribution in [0.25, 0.3) is 0 Å². The van der Waals surface area contributed by atoms with Crippen LogP contribution in [0.1, 0.15) is 214 Å². The number of rotatable bonds is 33. The predicted octanol–water partition coefficient (Wildman–Crippen LogP) is 16.0. The molecule has 8 heteroatoms. The van der Waals surface area contributed by atoms with E-state index in [2.05, 4.69) is 82.1 Å². The summed E-state index contributed by atoms with van der Waals surface area (Å²) in [6.45, 7) is 19.4. The Morgan fingerprint density at radius 2 is 1.52 bits per heavy atom. The number of hydrogen-bond acceptors (Lipinski definition) is 7. The number of amides is 1. The van der Waals surface area contributed by atoms with Crippen molar-refractivity contribution in [3.8, 4) is 0 Å². The molecule has 0 spiro atoms. The third kappa shape index (κ3) is 18.9. The second kappa shape index (κ2) is 32.0. The van der Waals surface area contributed by atoms with Gasteiger partial charge in [0.2, 0.25) is 0 Å². The van der Waals surface area contributed by atoms with Gasteiger partial charge in [0, 0.05) is 26.0 Å². The Morgan fingerprint density at radius 1 is 0.781 bits per heavy atom. The van der Waals surface area contributed by atoms with Crippen LogP contribution in [0.2, 0.25) is 0 Å². The van der Waals surface area contributed by atoms with Crippen molar-refractivity contribution < 1.29 is 28.5 Å². The first-order valence-corrected chi connectivity index (χ1v) is 30.6. The number of fused-ring (bicyclic) bond motifs is 5. The van der Waals surface area contributed by atoms with Crippen LogP contribution in [0.3, 0.4) is 0 Å². The van der Waals surface area contributed by atoms with Crippen LogP contribution in [0.4, 0.5) is 4.79 Å². The second-order valence-corrected chi connectivity index (χ2v) is 24.6. The molecule has 0 bridgehead atoms. The SMILES string of the molecule is CCCCC/C=C\C/C=C\CCCCCCCCOCC(CN1CCCCC1)OCCOC(=O)[C@H](Cc1ccccc1)NC(=O)OC1CC[C@@]2(C)C(=CC[C@@H]3C2CC[C@]2(C)[C@@H]([C@H](C)CCCC(C)C)CC[C@@H]32)C1. The largest absolute Gasteiger partial charge is 0.462 e. The average molecular weight is 1010 g/mol. The normalized spacial score (nSPS) is 27.5. The molecule has 1 amide bonds. The Kier molecular flexibility index (Phi) is 26.0. The fourth-order valence-electron chi connectivity index (χ4n) is 14.6. The summed E-state index contributed by atoms with van der Waals surface area (Å²) in [6.07, 6.45) is 43.3. The van der Waals surface area contributed by atoms with Crippen LogP contribution >= 0.6 is 0 Å². The summed E-state index contributed by atoms with van der Waals surface area (Å²) < 4.78 is 24.7. The molecule has 4 fully saturated rings. The number of carbonyl (C=O) groups is 2. The topological polar surface area (TPSA) is 86.3 Å². The molecular weight excluding hydrogens is 905 g/mol. The Hall–Kier alpha value is -2.94. The molecular formula is C65H106N2O6. The number of nitrogens with zero attached hydrogens (tertiary/aromatic N) is 1. The fourth-order valence-corrected chi connectivity index (χ4v) is 14.6. The van der Waals surface area contributed by atoms with Crippen molar-refractivity contribution >= 4 is 12.1 Å². The van der Waals surface area contributed by atoms with Gasteiger partial charge in [-0.2, -0.15) is 0 Å². The van der Waals surface area contributed by atoms with Crippen LogP contribution in [0.15, 0.2) is 66.3 Å². The zero-order valence-electron chi connectivity index (χ0n) is 47.4. The first-order chi connectivity index (χ1) is 35.5. The van der Waals surface area contributed by atoms with Gasteiger partial charge in [-0.15, -0.1) is 0 Å². The van der Waals surface area contributed by atoms with Crippen molar-refractivity contribution in [2.75, 3.05) is 46.1 Å². The zero-order chi connectivity index (χ0) is 51.7. The maximum absolute atomic E-state index is 13.8. The van der Waals surface area contributed by atoms with Gasteiger partial charge in [0.05, 0.1) is 19.3 Å². The van der Waals surface area contributed by atoms with Gasteiger partial charge in [-0.25, -0.2) is 9.59 Å². The van der Waals surface area contributed by atoms with Crippen LogP contribution < -0.4 is 5.32 Å². The van der Waals surface area contributed by atoms with Crippen molar-refractivity contribution in [1.82, 2.24) is 10.2 Å². The molecule has 0 aromatic heterocycles. The number of hydrogen-bond donors (Lipinski definition) is 1. The maximum Gasteiger partial charge on any atom is 0.408 e. The summed E-state index contributed by atoms with van der Waals surface area (Å²) in [5.74, 6) is 4.30. The molecule has 1 aliphatic heterocycles. The number of ether oxygens (including phenoxy) is 4. The van der Waals surface area contributed by atoms with Crippen molar-refractivity contribution in [3.05, 3.63) is 71.8 Å². The molecule has 1 aromatic carbocycles. The highest BCUT2D eigenvalue weighted by molar-refractivity contribution is 5.81. The first kappa shape index (κ1) is 59.3. The molecule has 1 heterocycles. The van der Waals surface area contributed by atoms with E-state index in [1.54, 1.807) is 0 Å². The minimum Gasteiger partial charge on any atom is -0.462 e. The van der Waals surface area contributed by atoms with E-state index in [0.717, 1.165) is 93.5 Å². The van der Waals surface area contributed by atoms with Crippen molar-refractivity contribution in [2.45, 2.75) is 233 Å². The molecule has 73 heavy (non-hydrogen) atoms. The summed E-state index contributed by atoms with van der Waals surface area (Å²) in [4.78, 5) is 30.0. The Balaban J connectivity index is 0.914. The van der Waals surface area contributed by atoms with E-state index in [4.69, 9.17) is 18.9 Å². The molecule has 3 unspecified atom stereocenters. The summed E-state index contributed by atoms with van der Waals surface area (Å²) in [5.41, 5.74) is 3.09. The number of allylic oxidation sites excluding steroid dienone is 5. The quantitative estimate of drug-likeness (QED) is 0.0426. The maximum atomic E-state index is 13.8. The number of unbranched alkanes of at least 4 members (excludes halogenated alkanes) is 9. The van der Waals surface area contributed by atoms with Crippen molar-refractivity contribution in [2.24, 2.45) is 46.3 Å². The highest BCUT2D eigenvalue weighted by Gasteiger charge is 2.59. The number of alkyl carbamates (subject to hydrolysis) is 1. The molecule has 412 valence electrons. The lowest BCUT2D eigenvalue weighted by molar-refractivity contribution is -0.149. The average Bonchev–Trinajstić information content (AvgIpc) is 3.74. The fraction of sp³-hybridized carbons (Fsp3) is 0.785. The molecule has 1 N–H and O–H groups in total. The zero-order valence-corrected chi connectivity index (χ0v) is 47.4. The standard InChI is InChI=1S/C65H106N2O6/c1-7-8-9-10-11-12-13-14-15-16-17-18-19-20-21-28-44-70-50-56(49-67-42-26-23-27-43-67)71-45-46-72-62(68)61(47-53-32-24-22-25-33-53)66-63(69)73-55-38-40-64(5)54(48-55)34-35-57-59-37-36-58(52(4)31-29-30-51(2)3)65(59,6)41-39-60(57)64/h11-12,14-15,22,24-25,32-34,51-52,55-61H,7-10,13,16-21,23,26-31,35-50H2,1-6H3,(H,66,69)/b12-11-,15-14-/t52-,55?,56?,57+,58-,59+,60?,61+,64+,65-/m1/s1. The highest BCUT2D eigenvalue weighted by Crippen LogP contribution is 2.67. The molecule has 4 aliphatic carbocycles. The van der Waals surface area contributed by atoms with E-state index < -0.39 is 18.1 Å². The van der Waals surface area contributed by atoms with Gasteiger partial charge in [0.15, 0.2) is 0 Å². The highest BCUT2D eigenvalue weighted by atomic mass is 16.6. The lowest BCUT2D eigenvalue weighted by atomic mass is 9.47. The van der Waals surface area contributed by atoms with E-state index in [1.165, 1.54) is 140 Å². The van der Waals surface area contributed by atoms with E-state index in [1.807, 2.05) is 30.3 Å². The minimum absolute atomic E-state index is 0.0939. The summed E-state index contributed by atoms with van der Waals surface area (Å²) in [7, 11) is 0. The molecule has 1 saturated heterocycles. The molecule has 5 aliphatic rings. The van der Waals surface area contributed by atoms with Gasteiger partial charge in [0.1, 0.15) is 18.8 Å². The lowest BCUT2D eigenvalue weighted by Gasteiger charge is -2.58. The number of piperidine rings is 1. The monoisotopic (exact) mass is 1010 g/mol. The molecule has 0 radical (unpaired) electrons. The Labute approximate surface area is 446 Å². The predicted molar refractivity (Wildman–Crippen MR) is 302 cm³/mol. The smallest absolute Gasteiger partial charge is 0.408 e. The van der Waals surface area contributed by atoms with Gasteiger partial charge in [0.25, 0.3) is 0 Å². The summed E-state index contributed by atoms with van der Waals surface area (Å²) >= 11 is 0. The van der Waals surface area contributed by atoms with Crippen LogP contribution in [0, 0.1) is 46.3 Å². The molecule has 1 aromatic rings. The number of benzene rings is 1. The Morgan fingerprint density at radius 3 is 2.27 bits per heavy atom. The van der Waals surface area contributed by atoms with Gasteiger partial charge in [-0.1, -0.05) is 172 Å². The van der Waals surface area contributed by atoms with E-state index in [-0.39, 0.29) is 30.8 Å². The number of carbonyl (C=O) groups excluding carboxylic acids is 2. The summed E-state index contributed by atoms with van der Waals surface area (Å²) in [5, 5.41) is 2.95. The van der Waals surface area contributed by atoms with E-state index in [9.17, 15) is 9.59 Å². The molecule has 8 nitrogen and oxygen atoms in total. The van der Waals surface area contributed by atoms with Crippen LogP contribution in [0.5, 0.6) is 0 Å². The third-order valence-electron chi connectivity index (χ3n) is 18.8. The number of esters is 1. The minimum atomic E-state index is -0.871. The number of nitrogens with one attached hydrogen (secondary N) is 1. The lowest BCUT2D eigenvalue weighted by Crippen LogP contribution is -2.51. The van der Waals surface area contributed by atoms with E-state index in [0.29, 0.717) is 24.4 Å². The van der Waals surface area contributed by atoms with E-state index >= 15 is 0 Å². The van der Waals surface area contributed by atoms with Gasteiger partial charge >= 0.3 is 12.1 Å². The summed E-state index contributed by atoms with van der Waals surface area (Å²) in [6, 6.07) is 8.97. The molecule has 6 rings (SSSR count). The van der Waals surface area contributed by atoms with Gasteiger partial charge in [-0.3, -0.25) is 0 Å².